The summed E-state index contributed by atoms with van der Waals surface area (Å²) in [6.45, 7) is -0.163. The Labute approximate surface area is 185 Å². The molecule has 3 amide bonds. The molecule has 0 aliphatic carbocycles. The summed E-state index contributed by atoms with van der Waals surface area (Å²) < 4.78 is 0. The van der Waals surface area contributed by atoms with Crippen LogP contribution in [0.15, 0.2) is 0 Å². The lowest BCUT2D eigenvalue weighted by Crippen LogP contribution is -2.58. The van der Waals surface area contributed by atoms with Crippen molar-refractivity contribution in [3.8, 4) is 0 Å². The van der Waals surface area contributed by atoms with Crippen molar-refractivity contribution in [3.63, 3.8) is 0 Å². The minimum Gasteiger partial charge on any atom is -0.480 e. The number of carbonyl (C=O) groups is 4. The quantitative estimate of drug-likeness (QED) is 0.0905. The highest BCUT2D eigenvalue weighted by atomic mass is 32.2. The van der Waals surface area contributed by atoms with Crippen LogP contribution in [0.3, 0.4) is 0 Å². The van der Waals surface area contributed by atoms with Gasteiger partial charge in [0, 0.05) is 5.75 Å². The predicted molar refractivity (Wildman–Crippen MR) is 118 cm³/mol. The maximum atomic E-state index is 12.6. The van der Waals surface area contributed by atoms with Crippen LogP contribution < -0.4 is 27.4 Å². The average molecular weight is 468 g/mol. The van der Waals surface area contributed by atoms with E-state index in [1.54, 1.807) is 0 Å². The van der Waals surface area contributed by atoms with E-state index < -0.39 is 54.5 Å². The number of nitrogens with one attached hydrogen (secondary N) is 3. The number of hydrogen-bond donors (Lipinski definition) is 8. The number of thioether (sulfide) groups is 1. The maximum Gasteiger partial charge on any atom is 0.326 e. The first-order chi connectivity index (χ1) is 14.2. The molecule has 0 spiro atoms. The van der Waals surface area contributed by atoms with Gasteiger partial charge in [0.25, 0.3) is 0 Å². The zero-order valence-corrected chi connectivity index (χ0v) is 18.7. The van der Waals surface area contributed by atoms with Crippen LogP contribution in [0.25, 0.3) is 0 Å². The van der Waals surface area contributed by atoms with Gasteiger partial charge in [0.15, 0.2) is 0 Å². The Bertz CT molecular complexity index is 569. The summed E-state index contributed by atoms with van der Waals surface area (Å²) in [5, 5.41) is 25.6. The van der Waals surface area contributed by atoms with E-state index in [1.165, 1.54) is 11.8 Å². The Morgan fingerprint density at radius 3 is 2.03 bits per heavy atom. The van der Waals surface area contributed by atoms with E-state index in [0.717, 1.165) is 0 Å². The van der Waals surface area contributed by atoms with Gasteiger partial charge < -0.3 is 37.6 Å². The first kappa shape index (κ1) is 28.5. The van der Waals surface area contributed by atoms with E-state index in [4.69, 9.17) is 16.6 Å². The third kappa shape index (κ3) is 11.0. The summed E-state index contributed by atoms with van der Waals surface area (Å²) in [5.74, 6) is -2.74. The topological polar surface area (TPSA) is 197 Å². The molecule has 0 aliphatic rings. The van der Waals surface area contributed by atoms with Gasteiger partial charge in [0.1, 0.15) is 24.2 Å². The zero-order valence-electron chi connectivity index (χ0n) is 17.0. The second-order valence-electron chi connectivity index (χ2n) is 6.56. The Balaban J connectivity index is 5.07. The van der Waals surface area contributed by atoms with Crippen LogP contribution in [-0.2, 0) is 19.2 Å². The Kier molecular flexibility index (Phi) is 15.4. The number of amides is 3. The average Bonchev–Trinajstić information content (AvgIpc) is 2.72. The lowest BCUT2D eigenvalue weighted by molar-refractivity contribution is -0.142. The van der Waals surface area contributed by atoms with Crippen LogP contribution in [-0.4, -0.2) is 89.0 Å². The van der Waals surface area contributed by atoms with Crippen molar-refractivity contribution in [2.24, 2.45) is 11.5 Å². The van der Waals surface area contributed by atoms with E-state index in [2.05, 4.69) is 28.6 Å². The van der Waals surface area contributed by atoms with Gasteiger partial charge in [-0.2, -0.15) is 24.4 Å². The summed E-state index contributed by atoms with van der Waals surface area (Å²) >= 11 is 5.52. The fraction of sp³-hybridized carbons (Fsp3) is 0.765. The minimum atomic E-state index is -1.19. The molecule has 0 heterocycles. The Morgan fingerprint density at radius 1 is 0.967 bits per heavy atom. The predicted octanol–water partition coefficient (Wildman–Crippen LogP) is -2.34. The van der Waals surface area contributed by atoms with Crippen molar-refractivity contribution in [2.45, 2.75) is 49.9 Å². The van der Waals surface area contributed by atoms with Gasteiger partial charge in [-0.1, -0.05) is 0 Å². The van der Waals surface area contributed by atoms with E-state index in [-0.39, 0.29) is 18.6 Å². The number of carboxylic acids is 1. The molecule has 0 aliphatic heterocycles. The number of rotatable bonds is 16. The normalized spacial score (nSPS) is 14.8. The third-order valence-corrected chi connectivity index (χ3v) is 5.16. The molecule has 4 atom stereocenters. The smallest absolute Gasteiger partial charge is 0.326 e. The number of thiol groups is 1. The van der Waals surface area contributed by atoms with Crippen molar-refractivity contribution < 1.29 is 29.4 Å². The molecule has 13 heteroatoms. The van der Waals surface area contributed by atoms with Crippen molar-refractivity contribution in [3.05, 3.63) is 0 Å². The van der Waals surface area contributed by atoms with Crippen molar-refractivity contribution >= 4 is 48.1 Å². The van der Waals surface area contributed by atoms with Crippen molar-refractivity contribution in [1.82, 2.24) is 16.0 Å². The summed E-state index contributed by atoms with van der Waals surface area (Å²) in [7, 11) is 0. The van der Waals surface area contributed by atoms with Gasteiger partial charge in [-0.3, -0.25) is 14.4 Å². The van der Waals surface area contributed by atoms with E-state index in [9.17, 15) is 24.3 Å². The molecule has 11 nitrogen and oxygen atoms in total. The van der Waals surface area contributed by atoms with Crippen LogP contribution in [0.5, 0.6) is 0 Å². The lowest BCUT2D eigenvalue weighted by atomic mass is 10.1. The number of aliphatic hydroxyl groups excluding tert-OH is 1. The van der Waals surface area contributed by atoms with Crippen LogP contribution in [0.2, 0.25) is 0 Å². The molecule has 0 rings (SSSR count). The van der Waals surface area contributed by atoms with Gasteiger partial charge in [0.05, 0.1) is 6.61 Å². The largest absolute Gasteiger partial charge is 0.480 e. The van der Waals surface area contributed by atoms with Gasteiger partial charge in [-0.25, -0.2) is 4.79 Å². The molecular formula is C17H33N5O6S2. The molecule has 0 saturated heterocycles. The standard InChI is InChI=1S/C17H33N5O6S2/c1-30-7-5-11(20-14(24)10(19)8-23)15(25)22-13(9-29)16(26)21-12(17(27)28)4-2-3-6-18/h10-13,23,29H,2-9,18-19H2,1H3,(H,20,24)(H,21,26)(H,22,25)(H,27,28). The highest BCUT2D eigenvalue weighted by Crippen LogP contribution is 2.05. The van der Waals surface area contributed by atoms with Crippen LogP contribution in [0.1, 0.15) is 25.7 Å². The summed E-state index contributed by atoms with van der Waals surface area (Å²) in [4.78, 5) is 48.4. The van der Waals surface area contributed by atoms with Crippen LogP contribution in [0, 0.1) is 0 Å². The summed E-state index contributed by atoms with van der Waals surface area (Å²) in [6, 6.07) is -4.36. The highest BCUT2D eigenvalue weighted by Gasteiger charge is 2.29. The molecule has 30 heavy (non-hydrogen) atoms. The SMILES string of the molecule is CSCCC(NC(=O)C(N)CO)C(=O)NC(CS)C(=O)NC(CCCCN)C(=O)O. The Hall–Kier alpha value is -1.54. The molecule has 0 aromatic heterocycles. The number of carboxylic acid groups (broad SMARTS) is 1. The number of carbonyl (C=O) groups excluding carboxylic acids is 3. The van der Waals surface area contributed by atoms with Gasteiger partial charge >= 0.3 is 5.97 Å². The first-order valence-electron chi connectivity index (χ1n) is 9.51. The van der Waals surface area contributed by atoms with Crippen molar-refractivity contribution in [1.29, 1.82) is 0 Å². The molecule has 0 aromatic rings. The fourth-order valence-electron chi connectivity index (χ4n) is 2.36. The minimum absolute atomic E-state index is 0.0773. The number of unbranched alkanes of at least 4 members (excludes halogenated alkanes) is 1. The van der Waals surface area contributed by atoms with Gasteiger partial charge in [0.2, 0.25) is 17.7 Å². The molecule has 0 saturated carbocycles. The van der Waals surface area contributed by atoms with Crippen LogP contribution >= 0.6 is 24.4 Å². The van der Waals surface area contributed by atoms with E-state index in [0.29, 0.717) is 25.1 Å². The van der Waals surface area contributed by atoms with Crippen LogP contribution in [0.4, 0.5) is 0 Å². The van der Waals surface area contributed by atoms with Gasteiger partial charge in [-0.15, -0.1) is 0 Å². The molecule has 0 radical (unpaired) electrons. The van der Waals surface area contributed by atoms with E-state index in [1.807, 2.05) is 6.26 Å². The second kappa shape index (κ2) is 16.2. The number of nitrogens with two attached hydrogens (primary N) is 2. The molecule has 0 aromatic carbocycles. The monoisotopic (exact) mass is 467 g/mol. The summed E-state index contributed by atoms with van der Waals surface area (Å²) in [5.41, 5.74) is 10.9. The van der Waals surface area contributed by atoms with Gasteiger partial charge in [-0.05, 0) is 44.2 Å². The highest BCUT2D eigenvalue weighted by molar-refractivity contribution is 7.98. The second-order valence-corrected chi connectivity index (χ2v) is 7.91. The Morgan fingerprint density at radius 2 is 1.53 bits per heavy atom. The first-order valence-corrected chi connectivity index (χ1v) is 11.5. The van der Waals surface area contributed by atoms with Crippen molar-refractivity contribution in [2.75, 3.05) is 30.9 Å². The lowest BCUT2D eigenvalue weighted by Gasteiger charge is -2.24. The molecule has 0 fully saturated rings. The number of aliphatic hydroxyl groups is 1. The third-order valence-electron chi connectivity index (χ3n) is 4.15. The number of aliphatic carboxylic acids is 1. The molecular weight excluding hydrogens is 434 g/mol. The van der Waals surface area contributed by atoms with E-state index >= 15 is 0 Å². The molecule has 0 bridgehead atoms. The molecule has 4 unspecified atom stereocenters. The molecule has 9 N–H and O–H groups in total. The molecule has 174 valence electrons. The zero-order chi connectivity index (χ0) is 23.1. The fourth-order valence-corrected chi connectivity index (χ4v) is 3.08. The maximum absolute atomic E-state index is 12.6. The summed E-state index contributed by atoms with van der Waals surface area (Å²) in [6.07, 6.45) is 3.46. The number of hydrogen-bond acceptors (Lipinski definition) is 9.